The van der Waals surface area contributed by atoms with Crippen LogP contribution >= 0.6 is 15.9 Å². The molecule has 0 saturated carbocycles. The number of carbonyl (C=O) groups excluding carboxylic acids is 1. The molecule has 1 heterocycles. The fourth-order valence-electron chi connectivity index (χ4n) is 0.824. The molecule has 0 bridgehead atoms. The largest absolute Gasteiger partial charge is 0.383 e. The van der Waals surface area contributed by atoms with E-state index in [2.05, 4.69) is 20.9 Å². The van der Waals surface area contributed by atoms with Crippen molar-refractivity contribution in [2.24, 2.45) is 0 Å². The molecule has 0 saturated heterocycles. The lowest BCUT2D eigenvalue weighted by Crippen LogP contribution is -2.04. The van der Waals surface area contributed by atoms with E-state index in [0.29, 0.717) is 5.69 Å². The molecule has 0 radical (unpaired) electrons. The van der Waals surface area contributed by atoms with Crippen LogP contribution in [-0.4, -0.2) is 29.8 Å². The average molecular weight is 255 g/mol. The van der Waals surface area contributed by atoms with Crippen molar-refractivity contribution >= 4 is 21.7 Å². The van der Waals surface area contributed by atoms with Crippen LogP contribution in [0.2, 0.25) is 0 Å². The molecule has 0 atom stereocenters. The Morgan fingerprint density at radius 3 is 2.71 bits per heavy atom. The number of halogens is 1. The third kappa shape index (κ3) is 3.30. The molecule has 4 heteroatoms. The zero-order chi connectivity index (χ0) is 10.6. The van der Waals surface area contributed by atoms with E-state index in [1.54, 1.807) is 29.4 Å². The fourth-order valence-corrected chi connectivity index (χ4v) is 1.06. The highest BCUT2D eigenvalue weighted by atomic mass is 79.9. The first-order valence-corrected chi connectivity index (χ1v) is 4.89. The first-order valence-electron chi connectivity index (χ1n) is 4.10. The number of nitrogens with zero attached hydrogens (tertiary/aromatic N) is 2. The van der Waals surface area contributed by atoms with Gasteiger partial charge in [0.1, 0.15) is 5.69 Å². The van der Waals surface area contributed by atoms with Gasteiger partial charge in [0.2, 0.25) is 5.78 Å². The van der Waals surface area contributed by atoms with Crippen molar-refractivity contribution in [3.8, 4) is 0 Å². The molecule has 0 N–H and O–H groups in total. The minimum Gasteiger partial charge on any atom is -0.383 e. The van der Waals surface area contributed by atoms with Crippen LogP contribution in [0.1, 0.15) is 10.5 Å². The zero-order valence-corrected chi connectivity index (χ0v) is 9.65. The van der Waals surface area contributed by atoms with E-state index in [1.807, 2.05) is 14.1 Å². The standard InChI is InChI=1S/C10H11BrN2O/c1-13(2)6-5-10(14)9-4-3-8(11)7-12-9/h3-7H,1-2H3/b6-5+. The van der Waals surface area contributed by atoms with Crippen LogP contribution in [0.25, 0.3) is 0 Å². The van der Waals surface area contributed by atoms with Crippen molar-refractivity contribution in [2.45, 2.75) is 0 Å². The third-order valence-electron chi connectivity index (χ3n) is 1.50. The van der Waals surface area contributed by atoms with Crippen molar-refractivity contribution in [3.63, 3.8) is 0 Å². The van der Waals surface area contributed by atoms with Gasteiger partial charge in [-0.2, -0.15) is 0 Å². The summed E-state index contributed by atoms with van der Waals surface area (Å²) >= 11 is 3.26. The molecule has 3 nitrogen and oxygen atoms in total. The van der Waals surface area contributed by atoms with Gasteiger partial charge in [0, 0.05) is 37.0 Å². The Morgan fingerprint density at radius 1 is 1.50 bits per heavy atom. The minimum absolute atomic E-state index is 0.0915. The number of carbonyl (C=O) groups is 1. The van der Waals surface area contributed by atoms with Gasteiger partial charge in [-0.3, -0.25) is 9.78 Å². The molecule has 0 spiro atoms. The predicted octanol–water partition coefficient (Wildman–Crippen LogP) is 2.10. The van der Waals surface area contributed by atoms with Gasteiger partial charge in [-0.05, 0) is 28.1 Å². The fraction of sp³-hybridized carbons (Fsp3) is 0.200. The van der Waals surface area contributed by atoms with Gasteiger partial charge in [-0.25, -0.2) is 0 Å². The van der Waals surface area contributed by atoms with Gasteiger partial charge in [-0.1, -0.05) is 0 Å². The zero-order valence-electron chi connectivity index (χ0n) is 8.07. The molecule has 1 aromatic heterocycles. The molecule has 74 valence electrons. The van der Waals surface area contributed by atoms with Crippen LogP contribution in [0, 0.1) is 0 Å². The van der Waals surface area contributed by atoms with Crippen LogP contribution in [0.4, 0.5) is 0 Å². The number of pyridine rings is 1. The molecule has 0 fully saturated rings. The van der Waals surface area contributed by atoms with Crippen molar-refractivity contribution in [2.75, 3.05) is 14.1 Å². The van der Waals surface area contributed by atoms with Gasteiger partial charge in [0.05, 0.1) is 0 Å². The van der Waals surface area contributed by atoms with Crippen molar-refractivity contribution in [1.82, 2.24) is 9.88 Å². The maximum Gasteiger partial charge on any atom is 0.205 e. The summed E-state index contributed by atoms with van der Waals surface area (Å²) in [6.07, 6.45) is 4.80. The highest BCUT2D eigenvalue weighted by Gasteiger charge is 2.02. The Hall–Kier alpha value is -1.16. The minimum atomic E-state index is -0.0915. The van der Waals surface area contributed by atoms with Gasteiger partial charge >= 0.3 is 0 Å². The quantitative estimate of drug-likeness (QED) is 0.612. The lowest BCUT2D eigenvalue weighted by Gasteiger charge is -2.02. The summed E-state index contributed by atoms with van der Waals surface area (Å²) in [6.45, 7) is 0. The van der Waals surface area contributed by atoms with Crippen molar-refractivity contribution in [1.29, 1.82) is 0 Å². The van der Waals surface area contributed by atoms with E-state index in [9.17, 15) is 4.79 Å². The highest BCUT2D eigenvalue weighted by molar-refractivity contribution is 9.10. The normalized spacial score (nSPS) is 10.5. The second-order valence-electron chi connectivity index (χ2n) is 3.01. The van der Waals surface area contributed by atoms with Gasteiger partial charge in [-0.15, -0.1) is 0 Å². The SMILES string of the molecule is CN(C)/C=C/C(=O)c1ccc(Br)cn1. The average Bonchev–Trinajstić information content (AvgIpc) is 2.15. The van der Waals surface area contributed by atoms with E-state index < -0.39 is 0 Å². The van der Waals surface area contributed by atoms with Crippen LogP contribution in [-0.2, 0) is 0 Å². The Labute approximate surface area is 91.6 Å². The van der Waals surface area contributed by atoms with E-state index in [4.69, 9.17) is 0 Å². The number of hydrogen-bond acceptors (Lipinski definition) is 3. The molecule has 0 unspecified atom stereocenters. The second-order valence-corrected chi connectivity index (χ2v) is 3.92. The number of hydrogen-bond donors (Lipinski definition) is 0. The first kappa shape index (κ1) is 10.9. The third-order valence-corrected chi connectivity index (χ3v) is 1.97. The predicted molar refractivity (Wildman–Crippen MR) is 59.1 cm³/mol. The Kier molecular flexibility index (Phi) is 3.83. The van der Waals surface area contributed by atoms with Gasteiger partial charge < -0.3 is 4.90 Å². The molecule has 0 aliphatic heterocycles. The molecule has 1 aromatic rings. The monoisotopic (exact) mass is 254 g/mol. The van der Waals surface area contributed by atoms with Crippen LogP contribution < -0.4 is 0 Å². The Morgan fingerprint density at radius 2 is 2.21 bits per heavy atom. The summed E-state index contributed by atoms with van der Waals surface area (Å²) < 4.78 is 0.866. The number of aromatic nitrogens is 1. The summed E-state index contributed by atoms with van der Waals surface area (Å²) in [5, 5.41) is 0. The maximum absolute atomic E-state index is 11.5. The molecule has 1 rings (SSSR count). The second kappa shape index (κ2) is 4.91. The molecule has 0 aliphatic rings. The summed E-state index contributed by atoms with van der Waals surface area (Å²) in [4.78, 5) is 17.3. The van der Waals surface area contributed by atoms with Gasteiger partial charge in [0.25, 0.3) is 0 Å². The molecular formula is C10H11BrN2O. The smallest absolute Gasteiger partial charge is 0.205 e. The summed E-state index contributed by atoms with van der Waals surface area (Å²) in [6, 6.07) is 3.48. The number of rotatable bonds is 3. The Balaban J connectivity index is 2.75. The molecule has 0 aromatic carbocycles. The first-order chi connectivity index (χ1) is 6.59. The van der Waals surface area contributed by atoms with E-state index in [1.165, 1.54) is 6.08 Å². The highest BCUT2D eigenvalue weighted by Crippen LogP contribution is 2.07. The van der Waals surface area contributed by atoms with Crippen molar-refractivity contribution in [3.05, 3.63) is 40.8 Å². The molecule has 14 heavy (non-hydrogen) atoms. The van der Waals surface area contributed by atoms with Crippen LogP contribution in [0.3, 0.4) is 0 Å². The lowest BCUT2D eigenvalue weighted by molar-refractivity contribution is 0.104. The maximum atomic E-state index is 11.5. The van der Waals surface area contributed by atoms with Gasteiger partial charge in [0.15, 0.2) is 0 Å². The van der Waals surface area contributed by atoms with E-state index in [-0.39, 0.29) is 5.78 Å². The lowest BCUT2D eigenvalue weighted by atomic mass is 10.2. The Bertz CT molecular complexity index is 344. The number of ketones is 1. The van der Waals surface area contributed by atoms with Crippen LogP contribution in [0.5, 0.6) is 0 Å². The molecule has 0 amide bonds. The summed E-state index contributed by atoms with van der Waals surface area (Å²) in [5.74, 6) is -0.0915. The van der Waals surface area contributed by atoms with Crippen molar-refractivity contribution < 1.29 is 4.79 Å². The van der Waals surface area contributed by atoms with E-state index in [0.717, 1.165) is 4.47 Å². The summed E-state index contributed by atoms with van der Waals surface area (Å²) in [7, 11) is 3.72. The summed E-state index contributed by atoms with van der Waals surface area (Å²) in [5.41, 5.74) is 0.450. The molecule has 0 aliphatic carbocycles. The van der Waals surface area contributed by atoms with E-state index >= 15 is 0 Å². The van der Waals surface area contributed by atoms with Crippen LogP contribution in [0.15, 0.2) is 35.1 Å². The number of allylic oxidation sites excluding steroid dienone is 1. The molecular weight excluding hydrogens is 244 g/mol. The topological polar surface area (TPSA) is 33.2 Å².